The number of hydrogen-bond donors (Lipinski definition) is 1. The van der Waals surface area contributed by atoms with E-state index < -0.39 is 0 Å². The Bertz CT molecular complexity index is 271. The molecule has 84 valence electrons. The lowest BCUT2D eigenvalue weighted by atomic mass is 10.1. The maximum Gasteiger partial charge on any atom is 0.118 e. The summed E-state index contributed by atoms with van der Waals surface area (Å²) in [6.45, 7) is 3.87. The molecule has 0 spiro atoms. The van der Waals surface area contributed by atoms with Crippen LogP contribution in [0.5, 0.6) is 5.75 Å². The van der Waals surface area contributed by atoms with E-state index in [9.17, 15) is 0 Å². The van der Waals surface area contributed by atoms with Gasteiger partial charge in [0.15, 0.2) is 0 Å². The third-order valence-electron chi connectivity index (χ3n) is 2.35. The SMILES string of the molecule is CCNCC(OC)c1ccc(OC)cc1. The lowest BCUT2D eigenvalue weighted by Crippen LogP contribution is -2.22. The van der Waals surface area contributed by atoms with Crippen LogP contribution in [0.15, 0.2) is 24.3 Å². The monoisotopic (exact) mass is 209 g/mol. The molecule has 0 heterocycles. The predicted molar refractivity (Wildman–Crippen MR) is 61.3 cm³/mol. The molecule has 0 aromatic heterocycles. The maximum atomic E-state index is 5.41. The zero-order valence-electron chi connectivity index (χ0n) is 9.62. The molecule has 1 unspecified atom stereocenters. The summed E-state index contributed by atoms with van der Waals surface area (Å²) in [6, 6.07) is 7.97. The van der Waals surface area contributed by atoms with E-state index in [1.807, 2.05) is 24.3 Å². The minimum Gasteiger partial charge on any atom is -0.497 e. The summed E-state index contributed by atoms with van der Waals surface area (Å²) in [5, 5.41) is 3.27. The van der Waals surface area contributed by atoms with E-state index in [4.69, 9.17) is 9.47 Å². The second kappa shape index (κ2) is 6.43. The minimum atomic E-state index is 0.107. The molecular formula is C12H19NO2. The van der Waals surface area contributed by atoms with Crippen LogP contribution in [0.2, 0.25) is 0 Å². The second-order valence-corrected chi connectivity index (χ2v) is 3.31. The molecule has 0 aliphatic rings. The van der Waals surface area contributed by atoms with Gasteiger partial charge >= 0.3 is 0 Å². The lowest BCUT2D eigenvalue weighted by molar-refractivity contribution is 0.103. The molecule has 0 amide bonds. The molecule has 0 saturated heterocycles. The van der Waals surface area contributed by atoms with E-state index in [1.165, 1.54) is 5.56 Å². The van der Waals surface area contributed by atoms with E-state index in [2.05, 4.69) is 12.2 Å². The molecule has 15 heavy (non-hydrogen) atoms. The number of hydrogen-bond acceptors (Lipinski definition) is 3. The average Bonchev–Trinajstić information content (AvgIpc) is 2.31. The number of methoxy groups -OCH3 is 2. The van der Waals surface area contributed by atoms with Crippen LogP contribution in [-0.4, -0.2) is 27.3 Å². The first-order valence-electron chi connectivity index (χ1n) is 5.19. The van der Waals surface area contributed by atoms with Gasteiger partial charge in [0.2, 0.25) is 0 Å². The van der Waals surface area contributed by atoms with Crippen LogP contribution in [0.4, 0.5) is 0 Å². The van der Waals surface area contributed by atoms with Crippen molar-refractivity contribution >= 4 is 0 Å². The van der Waals surface area contributed by atoms with Crippen LogP contribution in [0.25, 0.3) is 0 Å². The van der Waals surface area contributed by atoms with E-state index >= 15 is 0 Å². The van der Waals surface area contributed by atoms with Crippen molar-refractivity contribution in [3.05, 3.63) is 29.8 Å². The van der Waals surface area contributed by atoms with Crippen molar-refractivity contribution in [3.63, 3.8) is 0 Å². The van der Waals surface area contributed by atoms with Crippen LogP contribution in [0, 0.1) is 0 Å². The Balaban J connectivity index is 2.65. The molecule has 0 aliphatic carbocycles. The number of benzene rings is 1. The molecule has 1 aromatic rings. The Labute approximate surface area is 91.4 Å². The Morgan fingerprint density at radius 2 is 1.87 bits per heavy atom. The van der Waals surface area contributed by atoms with Gasteiger partial charge in [-0.2, -0.15) is 0 Å². The smallest absolute Gasteiger partial charge is 0.118 e. The third kappa shape index (κ3) is 3.53. The molecule has 1 rings (SSSR count). The predicted octanol–water partition coefficient (Wildman–Crippen LogP) is 1.99. The van der Waals surface area contributed by atoms with Gasteiger partial charge in [-0.1, -0.05) is 19.1 Å². The van der Waals surface area contributed by atoms with Crippen LogP contribution in [0.3, 0.4) is 0 Å². The highest BCUT2D eigenvalue weighted by Gasteiger charge is 2.09. The van der Waals surface area contributed by atoms with Gasteiger partial charge < -0.3 is 14.8 Å². The molecule has 0 saturated carbocycles. The first-order chi connectivity index (χ1) is 7.31. The van der Waals surface area contributed by atoms with Crippen LogP contribution in [0.1, 0.15) is 18.6 Å². The molecular weight excluding hydrogens is 190 g/mol. The fourth-order valence-corrected chi connectivity index (χ4v) is 1.43. The Morgan fingerprint density at radius 1 is 1.20 bits per heavy atom. The zero-order valence-corrected chi connectivity index (χ0v) is 9.62. The van der Waals surface area contributed by atoms with Gasteiger partial charge in [0.1, 0.15) is 5.75 Å². The van der Waals surface area contributed by atoms with Crippen LogP contribution in [-0.2, 0) is 4.74 Å². The van der Waals surface area contributed by atoms with Crippen molar-refractivity contribution in [2.45, 2.75) is 13.0 Å². The molecule has 0 bridgehead atoms. The van der Waals surface area contributed by atoms with Gasteiger partial charge in [0, 0.05) is 13.7 Å². The van der Waals surface area contributed by atoms with Gasteiger partial charge in [-0.15, -0.1) is 0 Å². The van der Waals surface area contributed by atoms with Crippen molar-refractivity contribution in [1.82, 2.24) is 5.32 Å². The summed E-state index contributed by atoms with van der Waals surface area (Å²) < 4.78 is 10.5. The van der Waals surface area contributed by atoms with E-state index in [0.717, 1.165) is 18.8 Å². The van der Waals surface area contributed by atoms with E-state index in [1.54, 1.807) is 14.2 Å². The van der Waals surface area contributed by atoms with Gasteiger partial charge in [0.05, 0.1) is 13.2 Å². The summed E-state index contributed by atoms with van der Waals surface area (Å²) >= 11 is 0. The molecule has 3 heteroatoms. The molecule has 1 atom stereocenters. The van der Waals surface area contributed by atoms with Crippen molar-refractivity contribution in [1.29, 1.82) is 0 Å². The third-order valence-corrected chi connectivity index (χ3v) is 2.35. The van der Waals surface area contributed by atoms with Gasteiger partial charge in [-0.3, -0.25) is 0 Å². The topological polar surface area (TPSA) is 30.5 Å². The summed E-state index contributed by atoms with van der Waals surface area (Å²) in [5.41, 5.74) is 1.17. The van der Waals surface area contributed by atoms with Gasteiger partial charge in [-0.25, -0.2) is 0 Å². The van der Waals surface area contributed by atoms with E-state index in [0.29, 0.717) is 0 Å². The van der Waals surface area contributed by atoms with Crippen molar-refractivity contribution in [3.8, 4) is 5.75 Å². The maximum absolute atomic E-state index is 5.41. The average molecular weight is 209 g/mol. The van der Waals surface area contributed by atoms with Crippen LogP contribution < -0.4 is 10.1 Å². The van der Waals surface area contributed by atoms with Crippen molar-refractivity contribution < 1.29 is 9.47 Å². The Kier molecular flexibility index (Phi) is 5.15. The first kappa shape index (κ1) is 12.0. The van der Waals surface area contributed by atoms with Crippen LogP contribution >= 0.6 is 0 Å². The molecule has 0 radical (unpaired) electrons. The zero-order chi connectivity index (χ0) is 11.1. The van der Waals surface area contributed by atoms with Gasteiger partial charge in [-0.05, 0) is 24.2 Å². The number of rotatable bonds is 6. The summed E-state index contributed by atoms with van der Waals surface area (Å²) in [7, 11) is 3.40. The molecule has 3 nitrogen and oxygen atoms in total. The number of ether oxygens (including phenoxy) is 2. The number of nitrogens with one attached hydrogen (secondary N) is 1. The summed E-state index contributed by atoms with van der Waals surface area (Å²) in [4.78, 5) is 0. The highest BCUT2D eigenvalue weighted by atomic mass is 16.5. The molecule has 1 N–H and O–H groups in total. The Hall–Kier alpha value is -1.06. The van der Waals surface area contributed by atoms with E-state index in [-0.39, 0.29) is 6.10 Å². The molecule has 0 fully saturated rings. The standard InChI is InChI=1S/C12H19NO2/c1-4-13-9-12(15-3)10-5-7-11(14-2)8-6-10/h5-8,12-13H,4,9H2,1-3H3. The molecule has 0 aliphatic heterocycles. The summed E-state index contributed by atoms with van der Waals surface area (Å²) in [6.07, 6.45) is 0.107. The van der Waals surface area contributed by atoms with Crippen molar-refractivity contribution in [2.75, 3.05) is 27.3 Å². The Morgan fingerprint density at radius 3 is 2.33 bits per heavy atom. The van der Waals surface area contributed by atoms with Gasteiger partial charge in [0.25, 0.3) is 0 Å². The second-order valence-electron chi connectivity index (χ2n) is 3.31. The lowest BCUT2D eigenvalue weighted by Gasteiger charge is -2.16. The molecule has 1 aromatic carbocycles. The highest BCUT2D eigenvalue weighted by Crippen LogP contribution is 2.19. The minimum absolute atomic E-state index is 0.107. The highest BCUT2D eigenvalue weighted by molar-refractivity contribution is 5.28. The quantitative estimate of drug-likeness (QED) is 0.777. The summed E-state index contributed by atoms with van der Waals surface area (Å²) in [5.74, 6) is 0.872. The first-order valence-corrected chi connectivity index (χ1v) is 5.19. The van der Waals surface area contributed by atoms with Crippen molar-refractivity contribution in [2.24, 2.45) is 0 Å². The fourth-order valence-electron chi connectivity index (χ4n) is 1.43. The normalized spacial score (nSPS) is 12.5. The largest absolute Gasteiger partial charge is 0.497 e. The fraction of sp³-hybridized carbons (Fsp3) is 0.500. The number of likely N-dealkylation sites (N-methyl/N-ethyl adjacent to an activating group) is 1.